The first-order chi connectivity index (χ1) is 12.1. The second-order valence-corrected chi connectivity index (χ2v) is 4.77. The highest BCUT2D eigenvalue weighted by molar-refractivity contribution is 6.28. The fourth-order valence-electron chi connectivity index (χ4n) is 1.90. The van der Waals surface area contributed by atoms with E-state index in [-0.39, 0.29) is 11.3 Å². The summed E-state index contributed by atoms with van der Waals surface area (Å²) in [5.74, 6) is 0.336. The maximum atomic E-state index is 12.8. The lowest BCUT2D eigenvalue weighted by Gasteiger charge is -2.28. The van der Waals surface area contributed by atoms with Gasteiger partial charge in [0, 0.05) is 5.56 Å². The number of nitrogens with two attached hydrogens (primary N) is 1. The Morgan fingerprint density at radius 1 is 1.23 bits per heavy atom. The Morgan fingerprint density at radius 2 is 1.92 bits per heavy atom. The van der Waals surface area contributed by atoms with Crippen LogP contribution in [0, 0.1) is 0 Å². The number of nitrogens with one attached hydrogen (secondary N) is 2. The van der Waals surface area contributed by atoms with E-state index in [1.165, 1.54) is 12.1 Å². The van der Waals surface area contributed by atoms with Crippen molar-refractivity contribution in [3.8, 4) is 0 Å². The number of hydrogen-bond acceptors (Lipinski definition) is 7. The third-order valence-corrected chi connectivity index (χ3v) is 3.06. The molecule has 26 heavy (non-hydrogen) atoms. The molecule has 0 bridgehead atoms. The molecule has 12 heteroatoms. The first-order valence-electron chi connectivity index (χ1n) is 6.76. The number of rotatable bonds is 3. The molecule has 9 nitrogen and oxygen atoms in total. The number of carboxylic acids is 1. The van der Waals surface area contributed by atoms with Gasteiger partial charge < -0.3 is 9.94 Å². The van der Waals surface area contributed by atoms with Crippen molar-refractivity contribution >= 4 is 23.5 Å². The van der Waals surface area contributed by atoms with Gasteiger partial charge in [0.1, 0.15) is 0 Å². The van der Waals surface area contributed by atoms with Crippen molar-refractivity contribution in [2.24, 2.45) is 5.84 Å². The first kappa shape index (κ1) is 18.8. The highest BCUT2D eigenvalue weighted by Gasteiger charge is 2.32. The molecule has 1 aromatic carbocycles. The Bertz CT molecular complexity index is 819. The standard InChI is InChI=1S/C14H11F3N4O5/c15-14(16,17)8-3-1-2-7(6-8)9-4-5-10(11(22)19-18)21(20-9)26-13(25)12(23)24/h1-6,20H,18H2,(H,19,22)(H,23,24). The van der Waals surface area contributed by atoms with Crippen LogP contribution < -0.4 is 16.7 Å². The molecule has 0 aliphatic carbocycles. The van der Waals surface area contributed by atoms with Gasteiger partial charge in [0.15, 0.2) is 5.70 Å². The number of carbonyl (C=O) groups excluding carboxylic acids is 2. The minimum Gasteiger partial charge on any atom is -0.473 e. The second-order valence-electron chi connectivity index (χ2n) is 4.77. The molecule has 1 heterocycles. The Balaban J connectivity index is 2.38. The predicted molar refractivity (Wildman–Crippen MR) is 78.5 cm³/mol. The molecule has 1 aromatic rings. The number of halogens is 3. The van der Waals surface area contributed by atoms with E-state index in [0.29, 0.717) is 5.17 Å². The number of nitrogens with zero attached hydrogens (tertiary/aromatic N) is 1. The van der Waals surface area contributed by atoms with Gasteiger partial charge >= 0.3 is 18.1 Å². The second kappa shape index (κ2) is 7.14. The SMILES string of the molecule is NNC(=O)C1=CC=C(c2cccc(C(F)(F)F)c2)NN1OC(=O)C(=O)O. The van der Waals surface area contributed by atoms with E-state index in [1.54, 1.807) is 5.43 Å². The highest BCUT2D eigenvalue weighted by atomic mass is 19.4. The molecule has 1 amide bonds. The van der Waals surface area contributed by atoms with Crippen molar-refractivity contribution in [3.05, 3.63) is 53.2 Å². The summed E-state index contributed by atoms with van der Waals surface area (Å²) in [6.07, 6.45) is -2.28. The molecule has 0 aromatic heterocycles. The molecule has 0 atom stereocenters. The zero-order chi connectivity index (χ0) is 19.5. The van der Waals surface area contributed by atoms with E-state index in [2.05, 4.69) is 10.3 Å². The normalized spacial score (nSPS) is 13.9. The fraction of sp³-hybridized carbons (Fsp3) is 0.0714. The third kappa shape index (κ3) is 4.10. The van der Waals surface area contributed by atoms with E-state index in [0.717, 1.165) is 24.3 Å². The van der Waals surface area contributed by atoms with Crippen LogP contribution in [0.1, 0.15) is 11.1 Å². The van der Waals surface area contributed by atoms with Gasteiger partial charge in [0.25, 0.3) is 5.91 Å². The molecule has 1 aliphatic heterocycles. The topological polar surface area (TPSA) is 134 Å². The smallest absolute Gasteiger partial charge is 0.443 e. The van der Waals surface area contributed by atoms with Gasteiger partial charge in [-0.1, -0.05) is 12.1 Å². The molecular weight excluding hydrogens is 361 g/mol. The van der Waals surface area contributed by atoms with Crippen molar-refractivity contribution in [2.75, 3.05) is 0 Å². The van der Waals surface area contributed by atoms with Crippen LogP contribution in [0.3, 0.4) is 0 Å². The van der Waals surface area contributed by atoms with Gasteiger partial charge in [-0.2, -0.15) is 13.2 Å². The lowest BCUT2D eigenvalue weighted by atomic mass is 10.1. The zero-order valence-electron chi connectivity index (χ0n) is 12.7. The van der Waals surface area contributed by atoms with Crippen LogP contribution in [-0.2, 0) is 25.4 Å². The van der Waals surface area contributed by atoms with E-state index in [9.17, 15) is 27.6 Å². The fourth-order valence-corrected chi connectivity index (χ4v) is 1.90. The number of carboxylic acid groups (broad SMARTS) is 1. The van der Waals surface area contributed by atoms with Crippen molar-refractivity contribution in [3.63, 3.8) is 0 Å². The van der Waals surface area contributed by atoms with E-state index >= 15 is 0 Å². The summed E-state index contributed by atoms with van der Waals surface area (Å²) >= 11 is 0. The van der Waals surface area contributed by atoms with E-state index in [1.807, 2.05) is 0 Å². The number of amides is 1. The Morgan fingerprint density at radius 3 is 2.50 bits per heavy atom. The van der Waals surface area contributed by atoms with Gasteiger partial charge in [-0.15, -0.1) is 5.17 Å². The zero-order valence-corrected chi connectivity index (χ0v) is 12.7. The van der Waals surface area contributed by atoms with Crippen LogP contribution in [0.4, 0.5) is 13.2 Å². The summed E-state index contributed by atoms with van der Waals surface area (Å²) in [5.41, 5.74) is 2.79. The lowest BCUT2D eigenvalue weighted by Crippen LogP contribution is -2.47. The van der Waals surface area contributed by atoms with E-state index in [4.69, 9.17) is 10.9 Å². The summed E-state index contributed by atoms with van der Waals surface area (Å²) in [6, 6.07) is 4.16. The van der Waals surface area contributed by atoms with Crippen molar-refractivity contribution in [2.45, 2.75) is 6.18 Å². The van der Waals surface area contributed by atoms with Gasteiger partial charge in [-0.05, 0) is 24.3 Å². The molecule has 0 spiro atoms. The van der Waals surface area contributed by atoms with Gasteiger partial charge in [0.05, 0.1) is 11.3 Å². The average Bonchev–Trinajstić information content (AvgIpc) is 2.60. The summed E-state index contributed by atoms with van der Waals surface area (Å²) < 4.78 is 38.5. The average molecular weight is 372 g/mol. The maximum absolute atomic E-state index is 12.8. The minimum atomic E-state index is -4.58. The first-order valence-corrected chi connectivity index (χ1v) is 6.76. The number of hydroxylamine groups is 1. The molecule has 1 aliphatic rings. The lowest BCUT2D eigenvalue weighted by molar-refractivity contribution is -0.198. The number of hydrogen-bond donors (Lipinski definition) is 4. The van der Waals surface area contributed by atoms with Crippen LogP contribution in [0.25, 0.3) is 5.70 Å². The number of benzene rings is 1. The van der Waals surface area contributed by atoms with Crippen molar-refractivity contribution < 1.29 is 37.5 Å². The predicted octanol–water partition coefficient (Wildman–Crippen LogP) is 0.283. The van der Waals surface area contributed by atoms with Gasteiger partial charge in [0.2, 0.25) is 0 Å². The number of allylic oxidation sites excluding steroid dienone is 2. The monoisotopic (exact) mass is 372 g/mol. The van der Waals surface area contributed by atoms with Crippen molar-refractivity contribution in [1.29, 1.82) is 0 Å². The highest BCUT2D eigenvalue weighted by Crippen LogP contribution is 2.31. The molecule has 0 saturated heterocycles. The summed E-state index contributed by atoms with van der Waals surface area (Å²) in [7, 11) is 0. The maximum Gasteiger partial charge on any atom is 0.443 e. The largest absolute Gasteiger partial charge is 0.473 e. The Labute approximate surface area is 143 Å². The third-order valence-electron chi connectivity index (χ3n) is 3.06. The van der Waals surface area contributed by atoms with Crippen LogP contribution in [0.5, 0.6) is 0 Å². The minimum absolute atomic E-state index is 0.00265. The number of carbonyl (C=O) groups is 3. The molecule has 0 radical (unpaired) electrons. The van der Waals surface area contributed by atoms with Gasteiger partial charge in [-0.3, -0.25) is 15.6 Å². The van der Waals surface area contributed by atoms with Crippen LogP contribution >= 0.6 is 0 Å². The van der Waals surface area contributed by atoms with Crippen LogP contribution in [0.15, 0.2) is 42.1 Å². The summed E-state index contributed by atoms with van der Waals surface area (Å²) in [5, 5.41) is 8.97. The Hall–Kier alpha value is -3.54. The summed E-state index contributed by atoms with van der Waals surface area (Å²) in [6.45, 7) is 0. The number of alkyl halides is 3. The van der Waals surface area contributed by atoms with Crippen molar-refractivity contribution in [1.82, 2.24) is 16.0 Å². The van der Waals surface area contributed by atoms with E-state index < -0.39 is 35.3 Å². The quantitative estimate of drug-likeness (QED) is 0.257. The van der Waals surface area contributed by atoms with Crippen LogP contribution in [0.2, 0.25) is 0 Å². The molecule has 138 valence electrons. The number of hydrazine groups is 2. The molecule has 2 rings (SSSR count). The molecule has 5 N–H and O–H groups in total. The Kier molecular flexibility index (Phi) is 5.16. The van der Waals surface area contributed by atoms with Crippen LogP contribution in [-0.4, -0.2) is 28.1 Å². The molecule has 0 fully saturated rings. The molecule has 0 unspecified atom stereocenters. The molecular formula is C14H11F3N4O5. The molecule has 0 saturated carbocycles. The summed E-state index contributed by atoms with van der Waals surface area (Å²) in [4.78, 5) is 38.0. The number of aliphatic carboxylic acids is 1. The van der Waals surface area contributed by atoms with Gasteiger partial charge in [-0.25, -0.2) is 15.4 Å².